The molecule has 24 heavy (non-hydrogen) atoms. The maximum atomic E-state index is 11.1. The summed E-state index contributed by atoms with van der Waals surface area (Å²) in [6.07, 6.45) is 12.0. The third-order valence-corrected chi connectivity index (χ3v) is 3.98. The Labute approximate surface area is 145 Å². The van der Waals surface area contributed by atoms with Crippen molar-refractivity contribution in [3.8, 4) is 0 Å². The van der Waals surface area contributed by atoms with E-state index in [0.29, 0.717) is 5.02 Å². The van der Waals surface area contributed by atoms with E-state index in [4.69, 9.17) is 16.7 Å². The number of carboxylic acid groups (broad SMARTS) is 1. The van der Waals surface area contributed by atoms with Crippen LogP contribution in [0.5, 0.6) is 0 Å². The first-order valence-corrected chi connectivity index (χ1v) is 7.92. The van der Waals surface area contributed by atoms with E-state index in [9.17, 15) is 4.79 Å². The van der Waals surface area contributed by atoms with Crippen molar-refractivity contribution in [3.05, 3.63) is 95.2 Å². The van der Waals surface area contributed by atoms with Crippen LogP contribution in [0.4, 0.5) is 5.69 Å². The number of carboxylic acids is 1. The van der Waals surface area contributed by atoms with Gasteiger partial charge in [-0.2, -0.15) is 0 Å². The van der Waals surface area contributed by atoms with E-state index in [1.807, 2.05) is 60.8 Å². The van der Waals surface area contributed by atoms with Crippen LogP contribution in [0.25, 0.3) is 6.08 Å². The van der Waals surface area contributed by atoms with Gasteiger partial charge in [0.05, 0.1) is 11.6 Å². The Balaban J connectivity index is 1.83. The highest BCUT2D eigenvalue weighted by Gasteiger charge is 2.13. The smallest absolute Gasteiger partial charge is 0.335 e. The van der Waals surface area contributed by atoms with Gasteiger partial charge in [0.1, 0.15) is 0 Å². The topological polar surface area (TPSA) is 40.5 Å². The molecule has 3 rings (SSSR count). The Hall–Kier alpha value is -2.78. The maximum Gasteiger partial charge on any atom is 0.335 e. The molecule has 0 saturated carbocycles. The Kier molecular flexibility index (Phi) is 4.82. The van der Waals surface area contributed by atoms with Gasteiger partial charge in [0.15, 0.2) is 0 Å². The van der Waals surface area contributed by atoms with Crippen molar-refractivity contribution < 1.29 is 9.90 Å². The fourth-order valence-corrected chi connectivity index (χ4v) is 2.65. The number of halogens is 1. The average molecular weight is 338 g/mol. The molecule has 0 spiro atoms. The van der Waals surface area contributed by atoms with Gasteiger partial charge in [-0.25, -0.2) is 4.79 Å². The van der Waals surface area contributed by atoms with Crippen LogP contribution >= 0.6 is 11.6 Å². The van der Waals surface area contributed by atoms with Crippen molar-refractivity contribution in [2.75, 3.05) is 4.90 Å². The summed E-state index contributed by atoms with van der Waals surface area (Å²) < 4.78 is 0. The van der Waals surface area contributed by atoms with Crippen molar-refractivity contribution in [1.82, 2.24) is 0 Å². The van der Waals surface area contributed by atoms with E-state index in [2.05, 4.69) is 11.0 Å². The molecular formula is C20H16ClNO2. The molecule has 1 heterocycles. The van der Waals surface area contributed by atoms with Crippen molar-refractivity contribution in [3.63, 3.8) is 0 Å². The third kappa shape index (κ3) is 3.76. The number of carbonyl (C=O) groups is 1. The highest BCUT2D eigenvalue weighted by Crippen LogP contribution is 2.24. The first-order chi connectivity index (χ1) is 11.6. The summed E-state index contributed by atoms with van der Waals surface area (Å²) in [5.41, 5.74) is 2.17. The molecule has 2 aromatic rings. The zero-order chi connectivity index (χ0) is 16.9. The van der Waals surface area contributed by atoms with Crippen molar-refractivity contribution in [2.24, 2.45) is 0 Å². The van der Waals surface area contributed by atoms with Crippen LogP contribution in [-0.2, 0) is 0 Å². The van der Waals surface area contributed by atoms with Crippen molar-refractivity contribution >= 4 is 29.3 Å². The zero-order valence-electron chi connectivity index (χ0n) is 12.8. The van der Waals surface area contributed by atoms with Crippen LogP contribution < -0.4 is 4.90 Å². The van der Waals surface area contributed by atoms with Gasteiger partial charge < -0.3 is 10.0 Å². The summed E-state index contributed by atoms with van der Waals surface area (Å²) in [6, 6.07) is 14.6. The molecule has 1 aliphatic rings. The van der Waals surface area contributed by atoms with Gasteiger partial charge in [-0.05, 0) is 48.0 Å². The second-order valence-corrected chi connectivity index (χ2v) is 5.83. The molecule has 4 heteroatoms. The first-order valence-electron chi connectivity index (χ1n) is 7.54. The standard InChI is InChI=1S/C20H16ClNO2/c21-17-8-11-19(12-9-17)22-13-2-1-6-18(22)10-7-15-4-3-5-16(14-15)20(23)24/h1-14,18H,(H,23,24)/b10-7-. The number of hydrogen-bond donors (Lipinski definition) is 1. The number of allylic oxidation sites excluding steroid dienone is 2. The van der Waals surface area contributed by atoms with E-state index in [0.717, 1.165) is 11.3 Å². The minimum atomic E-state index is -0.923. The van der Waals surface area contributed by atoms with E-state index in [1.54, 1.807) is 18.2 Å². The van der Waals surface area contributed by atoms with Crippen LogP contribution in [0.2, 0.25) is 5.02 Å². The number of rotatable bonds is 4. The Bertz CT molecular complexity index is 822. The Morgan fingerprint density at radius 1 is 1.12 bits per heavy atom. The predicted molar refractivity (Wildman–Crippen MR) is 98.4 cm³/mol. The molecule has 120 valence electrons. The van der Waals surface area contributed by atoms with E-state index in [1.165, 1.54) is 0 Å². The number of nitrogens with zero attached hydrogens (tertiary/aromatic N) is 1. The van der Waals surface area contributed by atoms with Crippen LogP contribution in [0, 0.1) is 0 Å². The monoisotopic (exact) mass is 337 g/mol. The molecule has 0 fully saturated rings. The molecule has 0 amide bonds. The number of anilines is 1. The van der Waals surface area contributed by atoms with E-state index >= 15 is 0 Å². The second-order valence-electron chi connectivity index (χ2n) is 5.39. The number of hydrogen-bond acceptors (Lipinski definition) is 2. The fourth-order valence-electron chi connectivity index (χ4n) is 2.53. The van der Waals surface area contributed by atoms with Crippen molar-refractivity contribution in [1.29, 1.82) is 0 Å². The molecule has 0 aromatic heterocycles. The Morgan fingerprint density at radius 2 is 1.92 bits per heavy atom. The quantitative estimate of drug-likeness (QED) is 0.852. The summed E-state index contributed by atoms with van der Waals surface area (Å²) in [5.74, 6) is -0.923. The molecule has 1 aliphatic heterocycles. The molecule has 2 aromatic carbocycles. The molecule has 1 N–H and O–H groups in total. The highest BCUT2D eigenvalue weighted by molar-refractivity contribution is 6.30. The van der Waals surface area contributed by atoms with Crippen LogP contribution in [0.3, 0.4) is 0 Å². The maximum absolute atomic E-state index is 11.1. The van der Waals surface area contributed by atoms with Gasteiger partial charge in [-0.1, -0.05) is 48.0 Å². The summed E-state index contributed by atoms with van der Waals surface area (Å²) in [5, 5.41) is 9.78. The van der Waals surface area contributed by atoms with Gasteiger partial charge in [0.2, 0.25) is 0 Å². The van der Waals surface area contributed by atoms with Crippen LogP contribution in [-0.4, -0.2) is 17.1 Å². The molecule has 3 nitrogen and oxygen atoms in total. The summed E-state index contributed by atoms with van der Waals surface area (Å²) in [7, 11) is 0. The second kappa shape index (κ2) is 7.20. The summed E-state index contributed by atoms with van der Waals surface area (Å²) in [6.45, 7) is 0. The Morgan fingerprint density at radius 3 is 2.67 bits per heavy atom. The fraction of sp³-hybridized carbons (Fsp3) is 0.0500. The molecule has 0 bridgehead atoms. The minimum Gasteiger partial charge on any atom is -0.478 e. The lowest BCUT2D eigenvalue weighted by atomic mass is 10.1. The number of aromatic carboxylic acids is 1. The lowest BCUT2D eigenvalue weighted by Crippen LogP contribution is -2.28. The molecule has 0 radical (unpaired) electrons. The predicted octanol–water partition coefficient (Wildman–Crippen LogP) is 5.01. The molecular weight excluding hydrogens is 322 g/mol. The zero-order valence-corrected chi connectivity index (χ0v) is 13.6. The summed E-state index contributed by atoms with van der Waals surface area (Å²) >= 11 is 5.96. The first kappa shape index (κ1) is 16.1. The number of benzene rings is 2. The van der Waals surface area contributed by atoms with E-state index in [-0.39, 0.29) is 11.6 Å². The van der Waals surface area contributed by atoms with Gasteiger partial charge in [-0.15, -0.1) is 0 Å². The molecule has 1 unspecified atom stereocenters. The van der Waals surface area contributed by atoms with Crippen LogP contribution in [0.1, 0.15) is 15.9 Å². The van der Waals surface area contributed by atoms with Gasteiger partial charge in [-0.3, -0.25) is 0 Å². The summed E-state index contributed by atoms with van der Waals surface area (Å²) in [4.78, 5) is 13.2. The third-order valence-electron chi connectivity index (χ3n) is 3.73. The minimum absolute atomic E-state index is 0.0460. The normalized spacial score (nSPS) is 16.7. The molecule has 0 aliphatic carbocycles. The average Bonchev–Trinajstić information content (AvgIpc) is 2.61. The molecule has 0 saturated heterocycles. The lowest BCUT2D eigenvalue weighted by molar-refractivity contribution is 0.0697. The van der Waals surface area contributed by atoms with Gasteiger partial charge in [0, 0.05) is 16.9 Å². The van der Waals surface area contributed by atoms with Gasteiger partial charge in [0.25, 0.3) is 0 Å². The molecule has 1 atom stereocenters. The van der Waals surface area contributed by atoms with Gasteiger partial charge >= 0.3 is 5.97 Å². The van der Waals surface area contributed by atoms with Crippen LogP contribution in [0.15, 0.2) is 79.0 Å². The lowest BCUT2D eigenvalue weighted by Gasteiger charge is -2.28. The highest BCUT2D eigenvalue weighted by atomic mass is 35.5. The largest absolute Gasteiger partial charge is 0.478 e. The SMILES string of the molecule is O=C(O)c1cccc(/C=C\C2C=CC=CN2c2ccc(Cl)cc2)c1. The van der Waals surface area contributed by atoms with E-state index < -0.39 is 5.97 Å². The van der Waals surface area contributed by atoms with Crippen molar-refractivity contribution in [2.45, 2.75) is 6.04 Å².